The largest absolute Gasteiger partial charge is 0.481 e. The number of aryl methyl sites for hydroxylation is 2. The Labute approximate surface area is 269 Å². The van der Waals surface area contributed by atoms with Gasteiger partial charge in [-0.2, -0.15) is 0 Å². The third-order valence-corrected chi connectivity index (χ3v) is 7.55. The van der Waals surface area contributed by atoms with Gasteiger partial charge in [0.1, 0.15) is 11.6 Å². The van der Waals surface area contributed by atoms with Crippen LogP contribution in [-0.2, 0) is 24.2 Å². The van der Waals surface area contributed by atoms with Crippen LogP contribution in [0, 0.1) is 18.6 Å². The van der Waals surface area contributed by atoms with Gasteiger partial charge < -0.3 is 25.7 Å². The summed E-state index contributed by atoms with van der Waals surface area (Å²) in [5.41, 5.74) is 3.56. The summed E-state index contributed by atoms with van der Waals surface area (Å²) >= 11 is 0. The van der Waals surface area contributed by atoms with Gasteiger partial charge in [-0.1, -0.05) is 38.1 Å². The lowest BCUT2D eigenvalue weighted by molar-refractivity contribution is -0.137. The van der Waals surface area contributed by atoms with Gasteiger partial charge >= 0.3 is 5.97 Å². The van der Waals surface area contributed by atoms with Gasteiger partial charge in [0.2, 0.25) is 0 Å². The molecule has 4 N–H and O–H groups in total. The molecule has 248 valence electrons. The van der Waals surface area contributed by atoms with E-state index in [1.807, 2.05) is 38.1 Å². The van der Waals surface area contributed by atoms with Gasteiger partial charge in [-0.05, 0) is 91.6 Å². The maximum absolute atomic E-state index is 14.0. The lowest BCUT2D eigenvalue weighted by atomic mass is 9.99. The average Bonchev–Trinajstić information content (AvgIpc) is 2.99. The fourth-order valence-electron chi connectivity index (χ4n) is 5.44. The Kier molecular flexibility index (Phi) is 14.3. The molecule has 0 heterocycles. The van der Waals surface area contributed by atoms with Crippen molar-refractivity contribution in [2.75, 3.05) is 19.6 Å². The van der Waals surface area contributed by atoms with Crippen LogP contribution in [0.5, 0.6) is 0 Å². The molecular formula is C36H45F2N3O5. The Balaban J connectivity index is 1.76. The van der Waals surface area contributed by atoms with Crippen molar-refractivity contribution in [2.45, 2.75) is 78.0 Å². The van der Waals surface area contributed by atoms with E-state index in [2.05, 4.69) is 10.6 Å². The Morgan fingerprint density at radius 2 is 1.52 bits per heavy atom. The molecule has 0 spiro atoms. The van der Waals surface area contributed by atoms with Crippen molar-refractivity contribution in [2.24, 2.45) is 0 Å². The standard InChI is InChI=1S/C36H45F2N3O5/c1-4-12-41(13-5-2)36(46)29-15-24(3)14-28(20-29)35(45)40-32(19-27-17-30(37)21-31(38)18-27)33(42)23-39-22-26-10-6-8-25(16-26)9-7-11-34(43)44/h6,8,10,14-18,20-21,32-33,39,42H,4-5,7,9,11-13,19,22-23H2,1-3H3,(H,40,45)(H,43,44)/t32-,33+/m0/s1. The first-order valence-corrected chi connectivity index (χ1v) is 15.8. The van der Waals surface area contributed by atoms with Crippen molar-refractivity contribution >= 4 is 17.8 Å². The number of carbonyl (C=O) groups is 3. The predicted octanol–water partition coefficient (Wildman–Crippen LogP) is 5.43. The van der Waals surface area contributed by atoms with Crippen molar-refractivity contribution in [1.82, 2.24) is 15.5 Å². The van der Waals surface area contributed by atoms with Crippen molar-refractivity contribution in [1.29, 1.82) is 0 Å². The molecule has 3 rings (SSSR count). The number of aliphatic hydroxyl groups is 1. The molecule has 0 aliphatic carbocycles. The minimum absolute atomic E-state index is 0.0410. The molecule has 0 aromatic heterocycles. The molecule has 0 unspecified atom stereocenters. The van der Waals surface area contributed by atoms with E-state index in [4.69, 9.17) is 5.11 Å². The van der Waals surface area contributed by atoms with Crippen molar-refractivity contribution < 1.29 is 33.4 Å². The second-order valence-corrected chi connectivity index (χ2v) is 11.7. The molecule has 3 aromatic carbocycles. The topological polar surface area (TPSA) is 119 Å². The lowest BCUT2D eigenvalue weighted by Gasteiger charge is -2.25. The average molecular weight is 638 g/mol. The van der Waals surface area contributed by atoms with Crippen LogP contribution in [0.15, 0.2) is 60.7 Å². The highest BCUT2D eigenvalue weighted by molar-refractivity contribution is 6.00. The highest BCUT2D eigenvalue weighted by Crippen LogP contribution is 2.16. The molecule has 0 fully saturated rings. The number of nitrogens with one attached hydrogen (secondary N) is 2. The highest BCUT2D eigenvalue weighted by Gasteiger charge is 2.24. The number of benzene rings is 3. The fourth-order valence-corrected chi connectivity index (χ4v) is 5.44. The van der Waals surface area contributed by atoms with Crippen LogP contribution < -0.4 is 10.6 Å². The van der Waals surface area contributed by atoms with E-state index in [9.17, 15) is 28.3 Å². The minimum atomic E-state index is -1.13. The zero-order valence-corrected chi connectivity index (χ0v) is 26.8. The SMILES string of the molecule is CCCN(CCC)C(=O)c1cc(C)cc(C(=O)N[C@@H](Cc2cc(F)cc(F)c2)[C@H](O)CNCc2cccc(CCCC(=O)O)c2)c1. The first-order chi connectivity index (χ1) is 22.0. The summed E-state index contributed by atoms with van der Waals surface area (Å²) in [7, 11) is 0. The van der Waals surface area contributed by atoms with E-state index in [0.29, 0.717) is 38.0 Å². The van der Waals surface area contributed by atoms with Gasteiger partial charge in [0.05, 0.1) is 12.1 Å². The molecule has 0 radical (unpaired) electrons. The number of hydrogen-bond acceptors (Lipinski definition) is 5. The Morgan fingerprint density at radius 3 is 2.17 bits per heavy atom. The van der Waals surface area contributed by atoms with Crippen LogP contribution >= 0.6 is 0 Å². The molecule has 3 aromatic rings. The third kappa shape index (κ3) is 11.7. The monoisotopic (exact) mass is 637 g/mol. The first-order valence-electron chi connectivity index (χ1n) is 15.8. The number of carboxylic acid groups (broad SMARTS) is 1. The number of amides is 2. The number of carboxylic acids is 1. The molecule has 0 saturated heterocycles. The number of aliphatic hydroxyl groups excluding tert-OH is 1. The van der Waals surface area contributed by atoms with E-state index in [1.165, 1.54) is 6.07 Å². The van der Waals surface area contributed by atoms with E-state index >= 15 is 0 Å². The molecule has 0 saturated carbocycles. The molecular weight excluding hydrogens is 592 g/mol. The van der Waals surface area contributed by atoms with Crippen LogP contribution in [0.25, 0.3) is 0 Å². The van der Waals surface area contributed by atoms with Gasteiger partial charge in [-0.3, -0.25) is 14.4 Å². The predicted molar refractivity (Wildman–Crippen MR) is 174 cm³/mol. The molecule has 46 heavy (non-hydrogen) atoms. The molecule has 0 bridgehead atoms. The quantitative estimate of drug-likeness (QED) is 0.148. The summed E-state index contributed by atoms with van der Waals surface area (Å²) in [5, 5.41) is 26.1. The number of aliphatic carboxylic acids is 1. The second-order valence-electron chi connectivity index (χ2n) is 11.7. The summed E-state index contributed by atoms with van der Waals surface area (Å²) in [4.78, 5) is 39.4. The number of halogens is 2. The van der Waals surface area contributed by atoms with E-state index in [0.717, 1.165) is 47.7 Å². The van der Waals surface area contributed by atoms with Gasteiger partial charge in [0.25, 0.3) is 11.8 Å². The van der Waals surface area contributed by atoms with Crippen LogP contribution in [0.1, 0.15) is 82.5 Å². The summed E-state index contributed by atoms with van der Waals surface area (Å²) in [5.74, 6) is -3.05. The van der Waals surface area contributed by atoms with Gasteiger partial charge in [-0.25, -0.2) is 8.78 Å². The zero-order valence-electron chi connectivity index (χ0n) is 26.8. The summed E-state index contributed by atoms with van der Waals surface area (Å²) in [6.45, 7) is 7.45. The number of hydrogen-bond donors (Lipinski definition) is 4. The van der Waals surface area contributed by atoms with Crippen molar-refractivity contribution in [3.8, 4) is 0 Å². The van der Waals surface area contributed by atoms with E-state index < -0.39 is 35.7 Å². The van der Waals surface area contributed by atoms with Crippen molar-refractivity contribution in [3.63, 3.8) is 0 Å². The Bertz CT molecular complexity index is 1460. The minimum Gasteiger partial charge on any atom is -0.481 e. The van der Waals surface area contributed by atoms with Gasteiger partial charge in [0.15, 0.2) is 0 Å². The van der Waals surface area contributed by atoms with E-state index in [1.54, 1.807) is 24.0 Å². The van der Waals surface area contributed by atoms with Crippen molar-refractivity contribution in [3.05, 3.63) is 106 Å². The number of nitrogens with zero attached hydrogens (tertiary/aromatic N) is 1. The summed E-state index contributed by atoms with van der Waals surface area (Å²) in [6, 6.07) is 14.8. The maximum atomic E-state index is 14.0. The lowest BCUT2D eigenvalue weighted by Crippen LogP contribution is -2.48. The van der Waals surface area contributed by atoms with Crippen LogP contribution in [0.4, 0.5) is 8.78 Å². The van der Waals surface area contributed by atoms with Gasteiger partial charge in [-0.15, -0.1) is 0 Å². The molecule has 10 heteroatoms. The van der Waals surface area contributed by atoms with E-state index in [-0.39, 0.29) is 36.4 Å². The number of carbonyl (C=O) groups excluding carboxylic acids is 2. The molecule has 8 nitrogen and oxygen atoms in total. The number of rotatable bonds is 18. The second kappa shape index (κ2) is 18.1. The van der Waals surface area contributed by atoms with Crippen LogP contribution in [0.2, 0.25) is 0 Å². The molecule has 0 aliphatic heterocycles. The van der Waals surface area contributed by atoms with Crippen LogP contribution in [-0.4, -0.2) is 64.7 Å². The molecule has 0 aliphatic rings. The highest BCUT2D eigenvalue weighted by atomic mass is 19.1. The van der Waals surface area contributed by atoms with Gasteiger partial charge in [0, 0.05) is 49.8 Å². The Morgan fingerprint density at radius 1 is 0.870 bits per heavy atom. The third-order valence-electron chi connectivity index (χ3n) is 7.55. The fraction of sp³-hybridized carbons (Fsp3) is 0.417. The zero-order chi connectivity index (χ0) is 33.6. The summed E-state index contributed by atoms with van der Waals surface area (Å²) < 4.78 is 28.0. The smallest absolute Gasteiger partial charge is 0.303 e. The summed E-state index contributed by atoms with van der Waals surface area (Å²) in [6.07, 6.45) is 1.68. The van der Waals surface area contributed by atoms with Crippen LogP contribution in [0.3, 0.4) is 0 Å². The normalized spacial score (nSPS) is 12.4. The first kappa shape index (κ1) is 36.3. The molecule has 2 amide bonds. The molecule has 2 atom stereocenters. The Hall–Kier alpha value is -4.15. The maximum Gasteiger partial charge on any atom is 0.303 e.